The van der Waals surface area contributed by atoms with Crippen molar-refractivity contribution in [3.63, 3.8) is 0 Å². The lowest BCUT2D eigenvalue weighted by Gasteiger charge is -2.10. The van der Waals surface area contributed by atoms with Crippen molar-refractivity contribution in [3.05, 3.63) is 23.3 Å². The summed E-state index contributed by atoms with van der Waals surface area (Å²) in [6.45, 7) is 4.11. The third-order valence-electron chi connectivity index (χ3n) is 2.08. The lowest BCUT2D eigenvalue weighted by molar-refractivity contribution is 0.744. The number of nitrogens with zero attached hydrogens (tertiary/aromatic N) is 1. The lowest BCUT2D eigenvalue weighted by Crippen LogP contribution is -2.21. The first kappa shape index (κ1) is 6.62. The zero-order valence-corrected chi connectivity index (χ0v) is 7.16. The summed E-state index contributed by atoms with van der Waals surface area (Å²) in [5.41, 5.74) is 5.31. The van der Waals surface area contributed by atoms with Gasteiger partial charge in [0.05, 0.1) is 12.1 Å². The van der Waals surface area contributed by atoms with Crippen LogP contribution in [-0.4, -0.2) is 16.5 Å². The van der Waals surface area contributed by atoms with Crippen molar-refractivity contribution in [2.45, 2.75) is 6.42 Å². The van der Waals surface area contributed by atoms with Gasteiger partial charge in [0.15, 0.2) is 0 Å². The van der Waals surface area contributed by atoms with Gasteiger partial charge in [0.1, 0.15) is 10.3 Å². The molecule has 0 unspecified atom stereocenters. The Balaban J connectivity index is 2.34. The van der Waals surface area contributed by atoms with Crippen molar-refractivity contribution >= 4 is 21.7 Å². The second-order valence-electron chi connectivity index (χ2n) is 2.81. The average molecular weight is 177 g/mol. The van der Waals surface area contributed by atoms with Crippen LogP contribution < -0.4 is 5.32 Å². The van der Waals surface area contributed by atoms with E-state index in [2.05, 4.69) is 21.8 Å². The number of aromatic amines is 1. The Morgan fingerprint density at radius 2 is 2.58 bits per heavy atom. The molecule has 0 aromatic carbocycles. The summed E-state index contributed by atoms with van der Waals surface area (Å²) < 4.78 is 0. The summed E-state index contributed by atoms with van der Waals surface area (Å²) in [4.78, 5) is 8.79. The Bertz CT molecular complexity index is 415. The van der Waals surface area contributed by atoms with Crippen molar-refractivity contribution in [1.29, 1.82) is 0 Å². The van der Waals surface area contributed by atoms with Crippen LogP contribution in [0.25, 0.3) is 10.3 Å². The van der Waals surface area contributed by atoms with E-state index in [0.717, 1.165) is 28.9 Å². The molecule has 2 radical (unpaired) electrons. The molecule has 0 aliphatic carbocycles. The number of H-pyrrole nitrogens is 1. The van der Waals surface area contributed by atoms with Gasteiger partial charge in [-0.1, -0.05) is 0 Å². The number of hydrogen-bond acceptors (Lipinski definition) is 3. The van der Waals surface area contributed by atoms with E-state index in [-0.39, 0.29) is 0 Å². The van der Waals surface area contributed by atoms with Gasteiger partial charge in [0, 0.05) is 24.2 Å². The van der Waals surface area contributed by atoms with Gasteiger partial charge in [-0.25, -0.2) is 4.98 Å². The smallest absolute Gasteiger partial charge is 0.121 e. The van der Waals surface area contributed by atoms with E-state index in [4.69, 9.17) is 0 Å². The second-order valence-corrected chi connectivity index (χ2v) is 3.67. The minimum atomic E-state index is 0.973. The van der Waals surface area contributed by atoms with Gasteiger partial charge >= 0.3 is 0 Å². The molecule has 0 amide bonds. The molecule has 1 aliphatic rings. The largest absolute Gasteiger partial charge is 0.348 e. The van der Waals surface area contributed by atoms with Crippen LogP contribution in [0.3, 0.4) is 0 Å². The van der Waals surface area contributed by atoms with Gasteiger partial charge in [-0.05, 0) is 0 Å². The Kier molecular flexibility index (Phi) is 1.27. The van der Waals surface area contributed by atoms with Gasteiger partial charge in [-0.2, -0.15) is 0 Å². The van der Waals surface area contributed by atoms with Crippen molar-refractivity contribution in [2.75, 3.05) is 6.54 Å². The highest BCUT2D eigenvalue weighted by Crippen LogP contribution is 2.26. The first-order valence-corrected chi connectivity index (χ1v) is 4.76. The van der Waals surface area contributed by atoms with Crippen molar-refractivity contribution in [2.24, 2.45) is 0 Å². The quantitative estimate of drug-likeness (QED) is 0.634. The number of aromatic nitrogens is 2. The summed E-state index contributed by atoms with van der Waals surface area (Å²) in [5.74, 6) is 0. The first-order chi connectivity index (χ1) is 5.95. The Morgan fingerprint density at radius 3 is 3.58 bits per heavy atom. The monoisotopic (exact) mass is 177 g/mol. The molecular weight excluding hydrogens is 170 g/mol. The minimum absolute atomic E-state index is 0.973. The highest BCUT2D eigenvalue weighted by molar-refractivity contribution is 7.16. The standard InChI is InChI=1S/C8H7N3S/c1-2-9-3-5-6(1)11-8-7(5)10-4-12-8/h4,9,11H,1-2H2. The molecule has 60 valence electrons. The molecule has 0 bridgehead atoms. The Hall–Kier alpha value is -0.870. The maximum atomic E-state index is 4.28. The molecule has 0 fully saturated rings. The van der Waals surface area contributed by atoms with Crippen molar-refractivity contribution in [3.8, 4) is 0 Å². The Labute approximate surface area is 73.8 Å². The number of nitrogens with one attached hydrogen (secondary N) is 2. The summed E-state index contributed by atoms with van der Waals surface area (Å²) in [6.07, 6.45) is 1.05. The molecule has 0 saturated carbocycles. The fourth-order valence-corrected chi connectivity index (χ4v) is 2.23. The van der Waals surface area contributed by atoms with Gasteiger partial charge < -0.3 is 10.3 Å². The molecule has 3 rings (SSSR count). The summed E-state index contributed by atoms with van der Waals surface area (Å²) in [7, 11) is 0. The maximum absolute atomic E-state index is 4.28. The van der Waals surface area contributed by atoms with Gasteiger partial charge in [-0.3, -0.25) is 0 Å². The van der Waals surface area contributed by atoms with Gasteiger partial charge in [0.2, 0.25) is 0 Å². The molecule has 0 spiro atoms. The van der Waals surface area contributed by atoms with E-state index >= 15 is 0 Å². The summed E-state index contributed by atoms with van der Waals surface area (Å²) >= 11 is 1.65. The fourth-order valence-electron chi connectivity index (χ4n) is 1.52. The Morgan fingerprint density at radius 1 is 1.58 bits per heavy atom. The molecule has 4 heteroatoms. The predicted molar refractivity (Wildman–Crippen MR) is 48.0 cm³/mol. The van der Waals surface area contributed by atoms with Crippen LogP contribution >= 0.6 is 11.3 Å². The molecule has 2 N–H and O–H groups in total. The minimum Gasteiger partial charge on any atom is -0.348 e. The van der Waals surface area contributed by atoms with Crippen LogP contribution in [0.4, 0.5) is 0 Å². The van der Waals surface area contributed by atoms with E-state index in [1.54, 1.807) is 11.3 Å². The van der Waals surface area contributed by atoms with Crippen LogP contribution in [0.5, 0.6) is 0 Å². The number of fused-ring (bicyclic) bond motifs is 3. The molecule has 3 nitrogen and oxygen atoms in total. The fraction of sp³-hybridized carbons (Fsp3) is 0.250. The third-order valence-corrected chi connectivity index (χ3v) is 2.83. The van der Waals surface area contributed by atoms with Crippen molar-refractivity contribution in [1.82, 2.24) is 15.3 Å². The van der Waals surface area contributed by atoms with Crippen LogP contribution in [-0.2, 0) is 6.42 Å². The normalized spacial score (nSPS) is 16.7. The molecule has 3 heterocycles. The average Bonchev–Trinajstić information content (AvgIpc) is 2.62. The SMILES string of the molecule is [C]1NCCc2[nH]c3scnc3c21. The van der Waals surface area contributed by atoms with Gasteiger partial charge in [-0.15, -0.1) is 11.3 Å². The molecule has 1 aliphatic heterocycles. The first-order valence-electron chi connectivity index (χ1n) is 3.88. The highest BCUT2D eigenvalue weighted by atomic mass is 32.1. The number of thiazole rings is 1. The summed E-state index contributed by atoms with van der Waals surface area (Å²) in [6, 6.07) is 0. The molecule has 2 aromatic heterocycles. The predicted octanol–water partition coefficient (Wildman–Crippen LogP) is 1.16. The molecule has 0 atom stereocenters. The molecule has 0 saturated heterocycles. The number of hydrogen-bond donors (Lipinski definition) is 2. The molecule has 12 heavy (non-hydrogen) atoms. The third kappa shape index (κ3) is 0.763. The van der Waals surface area contributed by atoms with Crippen molar-refractivity contribution < 1.29 is 0 Å². The second kappa shape index (κ2) is 2.31. The van der Waals surface area contributed by atoms with Crippen LogP contribution in [0.2, 0.25) is 0 Å². The van der Waals surface area contributed by atoms with Crippen LogP contribution in [0.1, 0.15) is 11.3 Å². The highest BCUT2D eigenvalue weighted by Gasteiger charge is 2.16. The maximum Gasteiger partial charge on any atom is 0.121 e. The van der Waals surface area contributed by atoms with Crippen LogP contribution in [0, 0.1) is 6.54 Å². The summed E-state index contributed by atoms with van der Waals surface area (Å²) in [5, 5.41) is 3.10. The van der Waals surface area contributed by atoms with E-state index in [1.165, 1.54) is 5.69 Å². The van der Waals surface area contributed by atoms with E-state index in [1.807, 2.05) is 5.51 Å². The van der Waals surface area contributed by atoms with Crippen LogP contribution in [0.15, 0.2) is 5.51 Å². The van der Waals surface area contributed by atoms with E-state index < -0.39 is 0 Å². The van der Waals surface area contributed by atoms with Gasteiger partial charge in [0.25, 0.3) is 0 Å². The zero-order valence-electron chi connectivity index (χ0n) is 6.35. The lowest BCUT2D eigenvalue weighted by atomic mass is 10.1. The molecular formula is C8H7N3S. The van der Waals surface area contributed by atoms with E-state index in [9.17, 15) is 0 Å². The zero-order chi connectivity index (χ0) is 7.97. The topological polar surface area (TPSA) is 40.7 Å². The molecule has 2 aromatic rings. The van der Waals surface area contributed by atoms with E-state index in [0.29, 0.717) is 0 Å². The number of rotatable bonds is 0.